The molecule has 1 amide bonds. The van der Waals surface area contributed by atoms with Crippen LogP contribution in [0.4, 0.5) is 18.9 Å². The fourth-order valence-corrected chi connectivity index (χ4v) is 2.89. The maximum Gasteiger partial charge on any atom is 0.416 e. The number of carbonyl (C=O) groups is 2. The minimum absolute atomic E-state index is 0. The summed E-state index contributed by atoms with van der Waals surface area (Å²) in [6.07, 6.45) is -3.60. The van der Waals surface area contributed by atoms with Crippen molar-refractivity contribution < 1.29 is 22.8 Å². The zero-order valence-electron chi connectivity index (χ0n) is 14.1. The second-order valence-electron chi connectivity index (χ2n) is 5.92. The van der Waals surface area contributed by atoms with E-state index in [4.69, 9.17) is 5.26 Å². The molecule has 1 aliphatic rings. The summed E-state index contributed by atoms with van der Waals surface area (Å²) >= 11 is 0. The smallest absolute Gasteiger partial charge is 0.305 e. The number of halogens is 3. The average Bonchev–Trinajstić information content (AvgIpc) is 3.04. The van der Waals surface area contributed by atoms with Gasteiger partial charge in [0.1, 0.15) is 5.69 Å². The molecule has 0 radical (unpaired) electrons. The number of benzene rings is 1. The first-order chi connectivity index (χ1) is 12.2. The van der Waals surface area contributed by atoms with Gasteiger partial charge in [0.05, 0.1) is 35.9 Å². The first kappa shape index (κ1) is 20.5. The van der Waals surface area contributed by atoms with Crippen LogP contribution in [0.2, 0.25) is 0 Å². The summed E-state index contributed by atoms with van der Waals surface area (Å²) < 4.78 is 39.6. The number of ketones is 1. The van der Waals surface area contributed by atoms with Gasteiger partial charge in [0.15, 0.2) is 5.78 Å². The number of hydrogen-bond donors (Lipinski definition) is 0. The predicted molar refractivity (Wildman–Crippen MR) is 95.0 cm³/mol. The van der Waals surface area contributed by atoms with Gasteiger partial charge in [-0.3, -0.25) is 14.3 Å². The van der Waals surface area contributed by atoms with Gasteiger partial charge in [-0.2, -0.15) is 37.0 Å². The Labute approximate surface area is 159 Å². The minimum Gasteiger partial charge on any atom is -0.305 e. The lowest BCUT2D eigenvalue weighted by Crippen LogP contribution is -2.43. The Morgan fingerprint density at radius 2 is 1.96 bits per heavy atom. The lowest BCUT2D eigenvalue weighted by molar-refractivity contribution is -0.137. The molecule has 0 N–H and O–H groups in total. The number of nitrogens with zero attached hydrogens (tertiary/aromatic N) is 4. The standard InChI is InChI=1S/C17H13F3N4O2.H2S/c1-10-9-23(12-4-2-11(3-5-12)17(18,19)20)16(26)15-13(8-22-24(10)15)14(25)6-7-21;/h2-5,8,10H,6,9H2,1H3;1H2/t10-;/m0./s1. The zero-order chi connectivity index (χ0) is 19.1. The van der Waals surface area contributed by atoms with Gasteiger partial charge in [0.2, 0.25) is 0 Å². The monoisotopic (exact) mass is 396 g/mol. The van der Waals surface area contributed by atoms with Gasteiger partial charge in [-0.25, -0.2) is 0 Å². The van der Waals surface area contributed by atoms with Crippen LogP contribution in [0.15, 0.2) is 30.5 Å². The van der Waals surface area contributed by atoms with E-state index in [9.17, 15) is 22.8 Å². The molecule has 0 aliphatic carbocycles. The number of hydrogen-bond acceptors (Lipinski definition) is 4. The molecular weight excluding hydrogens is 381 g/mol. The highest BCUT2D eigenvalue weighted by atomic mass is 32.1. The lowest BCUT2D eigenvalue weighted by atomic mass is 10.1. The Morgan fingerprint density at radius 3 is 2.52 bits per heavy atom. The molecule has 27 heavy (non-hydrogen) atoms. The Kier molecular flexibility index (Phi) is 5.65. The molecule has 0 saturated carbocycles. The lowest BCUT2D eigenvalue weighted by Gasteiger charge is -2.32. The topological polar surface area (TPSA) is 79.0 Å². The fraction of sp³-hybridized carbons (Fsp3) is 0.294. The van der Waals surface area contributed by atoms with E-state index >= 15 is 0 Å². The van der Waals surface area contributed by atoms with Gasteiger partial charge < -0.3 is 4.90 Å². The van der Waals surface area contributed by atoms with Gasteiger partial charge in [-0.05, 0) is 31.2 Å². The fourth-order valence-electron chi connectivity index (χ4n) is 2.89. The quantitative estimate of drug-likeness (QED) is 0.746. The molecule has 1 aromatic heterocycles. The molecule has 142 valence electrons. The highest BCUT2D eigenvalue weighted by molar-refractivity contribution is 7.59. The number of Topliss-reactive ketones (excluding diaryl/α,β-unsaturated/α-hetero) is 1. The van der Waals surface area contributed by atoms with Crippen LogP contribution >= 0.6 is 13.5 Å². The van der Waals surface area contributed by atoms with Gasteiger partial charge in [0, 0.05) is 12.2 Å². The molecule has 0 spiro atoms. The third-order valence-corrected chi connectivity index (χ3v) is 4.15. The van der Waals surface area contributed by atoms with Crippen LogP contribution in [0.1, 0.15) is 45.8 Å². The largest absolute Gasteiger partial charge is 0.416 e. The van der Waals surface area contributed by atoms with Crippen molar-refractivity contribution >= 4 is 30.9 Å². The molecule has 6 nitrogen and oxygen atoms in total. The summed E-state index contributed by atoms with van der Waals surface area (Å²) in [5.74, 6) is -1.06. The van der Waals surface area contributed by atoms with E-state index in [-0.39, 0.29) is 43.8 Å². The maximum atomic E-state index is 12.8. The van der Waals surface area contributed by atoms with Crippen molar-refractivity contribution in [2.24, 2.45) is 0 Å². The second kappa shape index (κ2) is 7.44. The molecule has 3 rings (SSSR count). The molecule has 0 saturated heterocycles. The summed E-state index contributed by atoms with van der Waals surface area (Å²) in [4.78, 5) is 26.2. The van der Waals surface area contributed by atoms with Crippen molar-refractivity contribution in [2.45, 2.75) is 25.6 Å². The van der Waals surface area contributed by atoms with Crippen LogP contribution in [0.25, 0.3) is 0 Å². The number of amides is 1. The molecule has 0 fully saturated rings. The van der Waals surface area contributed by atoms with Crippen LogP contribution in [0.3, 0.4) is 0 Å². The number of rotatable bonds is 3. The first-order valence-corrected chi connectivity index (χ1v) is 7.70. The Bertz CT molecular complexity index is 916. The Balaban J connectivity index is 0.00000261. The predicted octanol–water partition coefficient (Wildman–Crippen LogP) is 3.33. The summed E-state index contributed by atoms with van der Waals surface area (Å²) in [6, 6.07) is 5.69. The van der Waals surface area contributed by atoms with Crippen LogP contribution in [-0.2, 0) is 6.18 Å². The van der Waals surface area contributed by atoms with Crippen molar-refractivity contribution in [3.05, 3.63) is 47.3 Å². The molecule has 0 unspecified atom stereocenters. The van der Waals surface area contributed by atoms with E-state index < -0.39 is 23.4 Å². The Hall–Kier alpha value is -2.80. The number of carbonyl (C=O) groups excluding carboxylic acids is 2. The average molecular weight is 396 g/mol. The van der Waals surface area contributed by atoms with Crippen LogP contribution in [0.5, 0.6) is 0 Å². The van der Waals surface area contributed by atoms with E-state index in [1.165, 1.54) is 27.9 Å². The third-order valence-electron chi connectivity index (χ3n) is 4.15. The molecule has 1 atom stereocenters. The third kappa shape index (κ3) is 3.68. The Morgan fingerprint density at radius 1 is 1.33 bits per heavy atom. The molecule has 1 aliphatic heterocycles. The van der Waals surface area contributed by atoms with E-state index in [1.807, 2.05) is 0 Å². The number of aromatic nitrogens is 2. The number of fused-ring (bicyclic) bond motifs is 1. The van der Waals surface area contributed by atoms with Crippen LogP contribution in [0, 0.1) is 11.3 Å². The highest BCUT2D eigenvalue weighted by Gasteiger charge is 2.36. The number of nitriles is 1. The van der Waals surface area contributed by atoms with Crippen LogP contribution < -0.4 is 4.90 Å². The molecule has 2 aromatic rings. The summed E-state index contributed by atoms with van der Waals surface area (Å²) in [7, 11) is 0. The molecule has 1 aromatic carbocycles. The summed E-state index contributed by atoms with van der Waals surface area (Å²) in [5, 5.41) is 12.8. The zero-order valence-corrected chi connectivity index (χ0v) is 15.1. The van der Waals surface area contributed by atoms with Crippen molar-refractivity contribution in [1.29, 1.82) is 5.26 Å². The van der Waals surface area contributed by atoms with Gasteiger partial charge in [0.25, 0.3) is 5.91 Å². The van der Waals surface area contributed by atoms with Crippen molar-refractivity contribution in [3.63, 3.8) is 0 Å². The first-order valence-electron chi connectivity index (χ1n) is 7.70. The second-order valence-corrected chi connectivity index (χ2v) is 5.92. The maximum absolute atomic E-state index is 12.8. The summed E-state index contributed by atoms with van der Waals surface area (Å²) in [5.41, 5.74) is -0.432. The molecule has 10 heteroatoms. The molecule has 0 bridgehead atoms. The van der Waals surface area contributed by atoms with Crippen molar-refractivity contribution in [3.8, 4) is 6.07 Å². The van der Waals surface area contributed by atoms with E-state index in [1.54, 1.807) is 13.0 Å². The molecule has 2 heterocycles. The summed E-state index contributed by atoms with van der Waals surface area (Å²) in [6.45, 7) is 1.98. The van der Waals surface area contributed by atoms with Crippen molar-refractivity contribution in [2.75, 3.05) is 11.4 Å². The number of alkyl halides is 3. The highest BCUT2D eigenvalue weighted by Crippen LogP contribution is 2.32. The molecular formula is C17H15F3N4O2S. The van der Waals surface area contributed by atoms with Crippen molar-refractivity contribution in [1.82, 2.24) is 9.78 Å². The van der Waals surface area contributed by atoms with E-state index in [0.717, 1.165) is 12.1 Å². The SMILES string of the molecule is C[C@H]1CN(c2ccc(C(F)(F)F)cc2)C(=O)c2c(C(=O)CC#N)cnn21.S. The number of anilines is 1. The van der Waals surface area contributed by atoms with E-state index in [0.29, 0.717) is 5.69 Å². The van der Waals surface area contributed by atoms with E-state index in [2.05, 4.69) is 5.10 Å². The minimum atomic E-state index is -4.47. The van der Waals surface area contributed by atoms with Crippen LogP contribution in [-0.4, -0.2) is 28.0 Å². The van der Waals surface area contributed by atoms with Gasteiger partial charge in [-0.15, -0.1) is 0 Å². The normalized spacial score (nSPS) is 16.3. The van der Waals surface area contributed by atoms with Gasteiger partial charge in [-0.1, -0.05) is 0 Å². The van der Waals surface area contributed by atoms with Gasteiger partial charge >= 0.3 is 6.18 Å².